The van der Waals surface area contributed by atoms with Gasteiger partial charge in [-0.2, -0.15) is 0 Å². The largest absolute Gasteiger partial charge is 0.544 e. The SMILES string of the molecule is C/C=C(\O[Si](C)(C)C)c1ccccc1.CC(C(=O)c1ccccc1)C(O)c1ccccc1.O=Cc1ccccc1. The summed E-state index contributed by atoms with van der Waals surface area (Å²) in [4.78, 5) is 22.2. The maximum absolute atomic E-state index is 12.2. The fraction of sp³-hybridized carbons (Fsp3) is 0.200. The molecule has 1 N–H and O–H groups in total. The molecule has 0 aliphatic rings. The van der Waals surface area contributed by atoms with Gasteiger partial charge in [-0.15, -0.1) is 0 Å². The van der Waals surface area contributed by atoms with Crippen molar-refractivity contribution in [3.8, 4) is 0 Å². The average molecular weight is 553 g/mol. The second-order valence-corrected chi connectivity index (χ2v) is 14.6. The van der Waals surface area contributed by atoms with Gasteiger partial charge in [-0.25, -0.2) is 0 Å². The highest BCUT2D eigenvalue weighted by Gasteiger charge is 2.24. The van der Waals surface area contributed by atoms with E-state index in [0.717, 1.165) is 28.7 Å². The standard InChI is InChI=1S/C16H16O2.C12H18OSi.C7H6O/c1-12(15(17)13-8-4-2-5-9-13)16(18)14-10-6-3-7-11-14;1-5-12(13-14(2,3)4)11-9-7-6-8-10-11;8-6-7-4-2-1-3-5-7/h2-12,15,17H,1H3;5-10H,1-4H3;1-6H/b;12-5-;. The number of aldehydes is 1. The fourth-order valence-electron chi connectivity index (χ4n) is 3.70. The molecule has 0 bridgehead atoms. The van der Waals surface area contributed by atoms with E-state index in [4.69, 9.17) is 4.43 Å². The number of Topliss-reactive ketones (excluding diaryl/α,β-unsaturated/α-hetero) is 1. The molecule has 5 heteroatoms. The Morgan fingerprint density at radius 1 is 0.725 bits per heavy atom. The smallest absolute Gasteiger partial charge is 0.242 e. The van der Waals surface area contributed by atoms with Gasteiger partial charge in [0.2, 0.25) is 8.32 Å². The number of aliphatic hydroxyl groups excluding tert-OH is 1. The third-order valence-corrected chi connectivity index (χ3v) is 6.59. The second-order valence-electron chi connectivity index (χ2n) is 10.1. The Balaban J connectivity index is 0.000000226. The van der Waals surface area contributed by atoms with Crippen molar-refractivity contribution >= 4 is 26.1 Å². The van der Waals surface area contributed by atoms with Crippen molar-refractivity contribution < 1.29 is 19.1 Å². The summed E-state index contributed by atoms with van der Waals surface area (Å²) in [7, 11) is -1.49. The van der Waals surface area contributed by atoms with E-state index in [1.165, 1.54) is 0 Å². The summed E-state index contributed by atoms with van der Waals surface area (Å²) in [6.07, 6.45) is 2.10. The van der Waals surface area contributed by atoms with E-state index in [-0.39, 0.29) is 5.78 Å². The van der Waals surface area contributed by atoms with Crippen LogP contribution in [0.1, 0.15) is 51.8 Å². The molecule has 208 valence electrons. The summed E-state index contributed by atoms with van der Waals surface area (Å²) in [5.74, 6) is 0.520. The van der Waals surface area contributed by atoms with Gasteiger partial charge in [0.05, 0.1) is 6.10 Å². The lowest BCUT2D eigenvalue weighted by Crippen LogP contribution is -2.24. The molecule has 4 rings (SSSR count). The molecule has 2 atom stereocenters. The molecule has 0 saturated carbocycles. The summed E-state index contributed by atoms with van der Waals surface area (Å²) >= 11 is 0. The van der Waals surface area contributed by atoms with Crippen LogP contribution in [0.3, 0.4) is 0 Å². The maximum Gasteiger partial charge on any atom is 0.242 e. The first kappa shape index (κ1) is 32.2. The molecule has 0 saturated heterocycles. The number of benzene rings is 4. The lowest BCUT2D eigenvalue weighted by atomic mass is 9.90. The van der Waals surface area contributed by atoms with E-state index in [1.807, 2.05) is 97.9 Å². The minimum atomic E-state index is -1.49. The normalized spacial score (nSPS) is 12.4. The van der Waals surface area contributed by atoms with Crippen molar-refractivity contribution in [3.63, 3.8) is 0 Å². The van der Waals surface area contributed by atoms with E-state index < -0.39 is 20.3 Å². The molecular formula is C35H40O4Si. The van der Waals surface area contributed by atoms with Gasteiger partial charge < -0.3 is 9.53 Å². The van der Waals surface area contributed by atoms with Crippen molar-refractivity contribution in [1.29, 1.82) is 0 Å². The minimum Gasteiger partial charge on any atom is -0.544 e. The first-order valence-corrected chi connectivity index (χ1v) is 16.8. The van der Waals surface area contributed by atoms with Crippen LogP contribution in [-0.2, 0) is 4.43 Å². The topological polar surface area (TPSA) is 63.6 Å². The lowest BCUT2D eigenvalue weighted by Gasteiger charge is -2.21. The number of carbonyl (C=O) groups excluding carboxylic acids is 2. The number of carbonyl (C=O) groups is 2. The highest BCUT2D eigenvalue weighted by atomic mass is 28.4. The summed E-state index contributed by atoms with van der Waals surface area (Å²) in [6.45, 7) is 10.4. The third-order valence-electron chi connectivity index (χ3n) is 5.76. The van der Waals surface area contributed by atoms with Gasteiger partial charge in [0, 0.05) is 22.6 Å². The number of aliphatic hydroxyl groups is 1. The Hall–Kier alpha value is -4.06. The molecule has 0 heterocycles. The summed E-state index contributed by atoms with van der Waals surface area (Å²) in [5, 5.41) is 10.2. The zero-order chi connectivity index (χ0) is 29.4. The minimum absolute atomic E-state index is 0.0352. The predicted octanol–water partition coefficient (Wildman–Crippen LogP) is 8.64. The Morgan fingerprint density at radius 3 is 1.55 bits per heavy atom. The molecule has 4 aromatic rings. The number of allylic oxidation sites excluding steroid dienone is 1. The van der Waals surface area contributed by atoms with Crippen LogP contribution in [0.25, 0.3) is 5.76 Å². The number of ketones is 1. The Kier molecular flexibility index (Phi) is 13.5. The zero-order valence-corrected chi connectivity index (χ0v) is 25.0. The van der Waals surface area contributed by atoms with Crippen LogP contribution in [0.4, 0.5) is 0 Å². The van der Waals surface area contributed by atoms with Gasteiger partial charge in [0.15, 0.2) is 5.78 Å². The summed E-state index contributed by atoms with van der Waals surface area (Å²) in [6, 6.07) is 37.7. The molecule has 4 aromatic carbocycles. The van der Waals surface area contributed by atoms with Crippen molar-refractivity contribution in [1.82, 2.24) is 0 Å². The monoisotopic (exact) mass is 552 g/mol. The number of hydrogen-bond donors (Lipinski definition) is 1. The van der Waals surface area contributed by atoms with Crippen LogP contribution in [0, 0.1) is 5.92 Å². The zero-order valence-electron chi connectivity index (χ0n) is 24.0. The van der Waals surface area contributed by atoms with Gasteiger partial charge in [-0.3, -0.25) is 9.59 Å². The van der Waals surface area contributed by atoms with Crippen molar-refractivity contribution in [2.24, 2.45) is 5.92 Å². The van der Waals surface area contributed by atoms with Crippen LogP contribution in [0.15, 0.2) is 127 Å². The fourth-order valence-corrected chi connectivity index (χ4v) is 4.59. The first-order chi connectivity index (χ1) is 19.2. The molecule has 2 unspecified atom stereocenters. The Morgan fingerprint density at radius 2 is 1.15 bits per heavy atom. The summed E-state index contributed by atoms with van der Waals surface area (Å²) < 4.78 is 5.97. The quantitative estimate of drug-likeness (QED) is 0.103. The highest BCUT2D eigenvalue weighted by molar-refractivity contribution is 6.70. The molecule has 40 heavy (non-hydrogen) atoms. The van der Waals surface area contributed by atoms with Crippen molar-refractivity contribution in [3.05, 3.63) is 150 Å². The van der Waals surface area contributed by atoms with E-state index in [0.29, 0.717) is 5.56 Å². The van der Waals surface area contributed by atoms with E-state index in [1.54, 1.807) is 31.2 Å². The van der Waals surface area contributed by atoms with E-state index in [9.17, 15) is 14.7 Å². The molecular weight excluding hydrogens is 512 g/mol. The highest BCUT2D eigenvalue weighted by Crippen LogP contribution is 2.24. The molecule has 4 nitrogen and oxygen atoms in total. The maximum atomic E-state index is 12.2. The van der Waals surface area contributed by atoms with Crippen LogP contribution in [-0.4, -0.2) is 25.5 Å². The van der Waals surface area contributed by atoms with Crippen LogP contribution in [0.2, 0.25) is 19.6 Å². The van der Waals surface area contributed by atoms with Crippen molar-refractivity contribution in [2.75, 3.05) is 0 Å². The molecule has 0 aromatic heterocycles. The molecule has 0 amide bonds. The predicted molar refractivity (Wildman–Crippen MR) is 168 cm³/mol. The van der Waals surface area contributed by atoms with Crippen molar-refractivity contribution in [2.45, 2.75) is 39.6 Å². The second kappa shape index (κ2) is 16.8. The summed E-state index contributed by atoms with van der Waals surface area (Å²) in [5.41, 5.74) is 3.30. The molecule has 0 fully saturated rings. The average Bonchev–Trinajstić information content (AvgIpc) is 3.00. The number of hydrogen-bond acceptors (Lipinski definition) is 4. The molecule has 0 aliphatic heterocycles. The first-order valence-electron chi connectivity index (χ1n) is 13.4. The van der Waals surface area contributed by atoms with E-state index >= 15 is 0 Å². The van der Waals surface area contributed by atoms with Crippen LogP contribution in [0.5, 0.6) is 0 Å². The Bertz CT molecular complexity index is 1300. The molecule has 0 aliphatic carbocycles. The van der Waals surface area contributed by atoms with Gasteiger partial charge in [0.1, 0.15) is 12.0 Å². The lowest BCUT2D eigenvalue weighted by molar-refractivity contribution is 0.0713. The third kappa shape index (κ3) is 11.4. The molecule has 0 radical (unpaired) electrons. The van der Waals surface area contributed by atoms with Crippen LogP contribution < -0.4 is 0 Å². The van der Waals surface area contributed by atoms with Crippen LogP contribution >= 0.6 is 0 Å². The van der Waals surface area contributed by atoms with Gasteiger partial charge in [-0.05, 0) is 38.2 Å². The van der Waals surface area contributed by atoms with Gasteiger partial charge in [-0.1, -0.05) is 128 Å². The van der Waals surface area contributed by atoms with Gasteiger partial charge >= 0.3 is 0 Å². The number of rotatable bonds is 8. The molecule has 0 spiro atoms. The van der Waals surface area contributed by atoms with Gasteiger partial charge in [0.25, 0.3) is 0 Å². The Labute approximate surface area is 240 Å². The van der Waals surface area contributed by atoms with E-state index in [2.05, 4.69) is 31.8 Å².